The standard InChI is InChI=1S/C27H24Cl2N2O2/c1-16(2)26-25(22(32)15-17-12-14-33-23-11-4-3-7-18(17)23)30-27-20(9-6-13-31(26)27)19-8-5-10-21(28)24(19)29/h3-11,13,16-17H,12,14-15H2,1-2H3/t17-/m1/s1. The second kappa shape index (κ2) is 8.85. The van der Waals surface area contributed by atoms with Crippen LogP contribution in [0, 0.1) is 0 Å². The topological polar surface area (TPSA) is 43.6 Å². The molecule has 0 N–H and O–H groups in total. The molecule has 4 nitrogen and oxygen atoms in total. The SMILES string of the molecule is CC(C)c1c(C(=O)C[C@H]2CCOc3ccccc32)nc2c(-c3cccc(Cl)c3Cl)cccn12. The highest BCUT2D eigenvalue weighted by molar-refractivity contribution is 6.43. The van der Waals surface area contributed by atoms with Gasteiger partial charge in [-0.1, -0.05) is 67.4 Å². The number of ketones is 1. The molecule has 0 bridgehead atoms. The molecule has 1 aliphatic rings. The number of rotatable bonds is 5. The Kier molecular flexibility index (Phi) is 5.90. The molecule has 0 fully saturated rings. The van der Waals surface area contributed by atoms with Gasteiger partial charge >= 0.3 is 0 Å². The summed E-state index contributed by atoms with van der Waals surface area (Å²) in [6.45, 7) is 4.79. The Morgan fingerprint density at radius 2 is 1.88 bits per heavy atom. The Morgan fingerprint density at radius 1 is 1.09 bits per heavy atom. The number of nitrogens with zero attached hydrogens (tertiary/aromatic N) is 2. The van der Waals surface area contributed by atoms with Crippen LogP contribution in [0.5, 0.6) is 5.75 Å². The number of pyridine rings is 1. The number of benzene rings is 2. The predicted octanol–water partition coefficient (Wildman–Crippen LogP) is 7.57. The van der Waals surface area contributed by atoms with E-state index in [4.69, 9.17) is 32.9 Å². The van der Waals surface area contributed by atoms with E-state index in [-0.39, 0.29) is 17.6 Å². The highest BCUT2D eigenvalue weighted by Crippen LogP contribution is 2.39. The highest BCUT2D eigenvalue weighted by Gasteiger charge is 2.28. The van der Waals surface area contributed by atoms with E-state index in [0.29, 0.717) is 34.4 Å². The Balaban J connectivity index is 1.60. The van der Waals surface area contributed by atoms with Gasteiger partial charge in [-0.15, -0.1) is 0 Å². The third-order valence-corrected chi connectivity index (χ3v) is 7.07. The molecule has 0 saturated heterocycles. The van der Waals surface area contributed by atoms with Crippen LogP contribution in [0.1, 0.15) is 60.3 Å². The Labute approximate surface area is 203 Å². The monoisotopic (exact) mass is 478 g/mol. The van der Waals surface area contributed by atoms with Crippen LogP contribution in [0.4, 0.5) is 0 Å². The van der Waals surface area contributed by atoms with E-state index >= 15 is 0 Å². The molecular formula is C27H24Cl2N2O2. The molecule has 4 aromatic rings. The molecule has 2 aromatic heterocycles. The van der Waals surface area contributed by atoms with Crippen molar-refractivity contribution in [3.05, 3.63) is 87.8 Å². The number of para-hydroxylation sites is 1. The van der Waals surface area contributed by atoms with Crippen molar-refractivity contribution in [1.82, 2.24) is 9.38 Å². The van der Waals surface area contributed by atoms with Crippen LogP contribution in [-0.2, 0) is 0 Å². The minimum absolute atomic E-state index is 0.0484. The lowest BCUT2D eigenvalue weighted by molar-refractivity contribution is 0.0960. The summed E-state index contributed by atoms with van der Waals surface area (Å²) in [5.74, 6) is 1.16. The molecule has 33 heavy (non-hydrogen) atoms. The molecule has 0 radical (unpaired) electrons. The van der Waals surface area contributed by atoms with E-state index in [1.54, 1.807) is 6.07 Å². The quantitative estimate of drug-likeness (QED) is 0.277. The number of carbonyl (C=O) groups excluding carboxylic acids is 1. The summed E-state index contributed by atoms with van der Waals surface area (Å²) in [6, 6.07) is 17.5. The van der Waals surface area contributed by atoms with Crippen molar-refractivity contribution in [2.45, 2.75) is 38.5 Å². The Morgan fingerprint density at radius 3 is 2.70 bits per heavy atom. The van der Waals surface area contributed by atoms with E-state index in [9.17, 15) is 4.79 Å². The van der Waals surface area contributed by atoms with Gasteiger partial charge in [0.25, 0.3) is 0 Å². The average Bonchev–Trinajstić information content (AvgIpc) is 3.22. The first-order valence-electron chi connectivity index (χ1n) is 11.2. The predicted molar refractivity (Wildman–Crippen MR) is 133 cm³/mol. The lowest BCUT2D eigenvalue weighted by Crippen LogP contribution is -2.18. The second-order valence-corrected chi connectivity index (χ2v) is 9.50. The van der Waals surface area contributed by atoms with Gasteiger partial charge in [0.2, 0.25) is 0 Å². The molecule has 5 rings (SSSR count). The van der Waals surface area contributed by atoms with Crippen molar-refractivity contribution in [1.29, 1.82) is 0 Å². The summed E-state index contributed by atoms with van der Waals surface area (Å²) in [5, 5.41) is 0.967. The minimum Gasteiger partial charge on any atom is -0.493 e. The Hall–Kier alpha value is -2.82. The van der Waals surface area contributed by atoms with Gasteiger partial charge in [-0.05, 0) is 48.1 Å². The van der Waals surface area contributed by atoms with Crippen molar-refractivity contribution < 1.29 is 9.53 Å². The largest absolute Gasteiger partial charge is 0.493 e. The lowest BCUT2D eigenvalue weighted by Gasteiger charge is -2.25. The number of ether oxygens (including phenoxy) is 1. The van der Waals surface area contributed by atoms with Gasteiger partial charge in [-0.2, -0.15) is 0 Å². The minimum atomic E-state index is 0.0484. The van der Waals surface area contributed by atoms with Crippen LogP contribution in [0.15, 0.2) is 60.8 Å². The van der Waals surface area contributed by atoms with Gasteiger partial charge in [0, 0.05) is 23.7 Å². The molecule has 0 aliphatic carbocycles. The first-order chi connectivity index (χ1) is 16.0. The third kappa shape index (κ3) is 3.92. The van der Waals surface area contributed by atoms with Crippen LogP contribution in [0.3, 0.4) is 0 Å². The fraction of sp³-hybridized carbons (Fsp3) is 0.259. The maximum absolute atomic E-state index is 13.6. The highest BCUT2D eigenvalue weighted by atomic mass is 35.5. The van der Waals surface area contributed by atoms with Crippen LogP contribution >= 0.6 is 23.2 Å². The zero-order valence-electron chi connectivity index (χ0n) is 18.5. The maximum Gasteiger partial charge on any atom is 0.183 e. The zero-order valence-corrected chi connectivity index (χ0v) is 20.0. The number of aromatic nitrogens is 2. The normalized spacial score (nSPS) is 15.5. The Bertz CT molecular complexity index is 1360. The van der Waals surface area contributed by atoms with E-state index < -0.39 is 0 Å². The molecule has 0 spiro atoms. The van der Waals surface area contributed by atoms with Gasteiger partial charge < -0.3 is 9.14 Å². The molecule has 1 aliphatic heterocycles. The molecular weight excluding hydrogens is 455 g/mol. The van der Waals surface area contributed by atoms with E-state index in [1.807, 2.05) is 53.1 Å². The fourth-order valence-electron chi connectivity index (χ4n) is 4.71. The van der Waals surface area contributed by atoms with Gasteiger partial charge in [0.15, 0.2) is 5.78 Å². The molecule has 0 unspecified atom stereocenters. The average molecular weight is 479 g/mol. The second-order valence-electron chi connectivity index (χ2n) is 8.72. The van der Waals surface area contributed by atoms with Gasteiger partial charge in [-0.25, -0.2) is 4.98 Å². The van der Waals surface area contributed by atoms with Crippen molar-refractivity contribution in [3.63, 3.8) is 0 Å². The molecule has 2 aromatic carbocycles. The van der Waals surface area contributed by atoms with E-state index in [2.05, 4.69) is 19.9 Å². The summed E-state index contributed by atoms with van der Waals surface area (Å²) >= 11 is 12.8. The number of imidazole rings is 1. The number of halogens is 2. The number of hydrogen-bond donors (Lipinski definition) is 0. The number of hydrogen-bond acceptors (Lipinski definition) is 3. The first kappa shape index (κ1) is 22.0. The van der Waals surface area contributed by atoms with Crippen LogP contribution in [0.2, 0.25) is 10.0 Å². The van der Waals surface area contributed by atoms with Crippen LogP contribution < -0.4 is 4.74 Å². The van der Waals surface area contributed by atoms with Crippen molar-refractivity contribution >= 4 is 34.6 Å². The molecule has 168 valence electrons. The van der Waals surface area contributed by atoms with Crippen molar-refractivity contribution in [2.75, 3.05) is 6.61 Å². The zero-order chi connectivity index (χ0) is 23.1. The van der Waals surface area contributed by atoms with E-state index in [1.165, 1.54) is 0 Å². The van der Waals surface area contributed by atoms with Gasteiger partial charge in [0.1, 0.15) is 17.1 Å². The van der Waals surface area contributed by atoms with Gasteiger partial charge in [-0.3, -0.25) is 4.79 Å². The molecule has 6 heteroatoms. The third-order valence-electron chi connectivity index (χ3n) is 6.25. The molecule has 0 amide bonds. The summed E-state index contributed by atoms with van der Waals surface area (Å²) < 4.78 is 7.80. The molecule has 3 heterocycles. The fourth-order valence-corrected chi connectivity index (χ4v) is 5.12. The van der Waals surface area contributed by atoms with Crippen LogP contribution in [-0.4, -0.2) is 21.8 Å². The summed E-state index contributed by atoms with van der Waals surface area (Å²) in [4.78, 5) is 18.5. The summed E-state index contributed by atoms with van der Waals surface area (Å²) in [5.41, 5.74) is 4.89. The molecule has 0 saturated carbocycles. The number of fused-ring (bicyclic) bond motifs is 2. The first-order valence-corrected chi connectivity index (χ1v) is 11.9. The smallest absolute Gasteiger partial charge is 0.183 e. The summed E-state index contributed by atoms with van der Waals surface area (Å²) in [7, 11) is 0. The lowest BCUT2D eigenvalue weighted by atomic mass is 9.87. The number of carbonyl (C=O) groups is 1. The van der Waals surface area contributed by atoms with Crippen molar-refractivity contribution in [3.8, 4) is 16.9 Å². The number of Topliss-reactive ketones (excluding diaryl/α,β-unsaturated/α-hetero) is 1. The molecule has 1 atom stereocenters. The van der Waals surface area contributed by atoms with Crippen molar-refractivity contribution in [2.24, 2.45) is 0 Å². The van der Waals surface area contributed by atoms with Crippen LogP contribution in [0.25, 0.3) is 16.8 Å². The van der Waals surface area contributed by atoms with E-state index in [0.717, 1.165) is 34.6 Å². The summed E-state index contributed by atoms with van der Waals surface area (Å²) in [6.07, 6.45) is 3.17. The van der Waals surface area contributed by atoms with Gasteiger partial charge in [0.05, 0.1) is 22.3 Å². The maximum atomic E-state index is 13.6.